The number of rotatable bonds is 39. The summed E-state index contributed by atoms with van der Waals surface area (Å²) < 4.78 is 3.37. The van der Waals surface area contributed by atoms with Crippen molar-refractivity contribution < 1.29 is 24.2 Å². The van der Waals surface area contributed by atoms with E-state index in [0.717, 1.165) is 43.3 Å². The zero-order valence-electron chi connectivity index (χ0n) is 47.0. The maximum absolute atomic E-state index is 8.58. The van der Waals surface area contributed by atoms with Crippen LogP contribution < -0.4 is 0 Å². The van der Waals surface area contributed by atoms with Crippen LogP contribution in [0.25, 0.3) is 0 Å². The first-order valence-electron chi connectivity index (χ1n) is 27.5. The molecule has 0 aromatic heterocycles. The third-order valence-corrected chi connectivity index (χ3v) is 15.9. The summed E-state index contributed by atoms with van der Waals surface area (Å²) >= 11 is 0. The molecule has 0 radical (unpaired) electrons. The fraction of sp³-hybridized carbons (Fsp3) is 0.895. The van der Waals surface area contributed by atoms with Crippen molar-refractivity contribution in [2.45, 2.75) is 252 Å². The summed E-state index contributed by atoms with van der Waals surface area (Å²) in [7, 11) is 14.4. The summed E-state index contributed by atoms with van der Waals surface area (Å²) in [5.41, 5.74) is 0. The van der Waals surface area contributed by atoms with Crippen LogP contribution in [0.2, 0.25) is 0 Å². The van der Waals surface area contributed by atoms with Crippen molar-refractivity contribution >= 4 is 0 Å². The van der Waals surface area contributed by atoms with Gasteiger partial charge in [-0.25, -0.2) is 0 Å². The van der Waals surface area contributed by atoms with Crippen molar-refractivity contribution in [2.75, 3.05) is 83.1 Å². The molecular weight excluding hydrogens is 867 g/mol. The average Bonchev–Trinajstić information content (AvgIpc) is 3.29. The molecule has 0 aromatic rings. The topological polar surface area (TPSA) is 143 Å². The number of nitriles is 6. The Bertz CT molecular complexity index is 1180. The van der Waals surface area contributed by atoms with E-state index >= 15 is 0 Å². The quantitative estimate of drug-likeness (QED) is 0.0341. The Hall–Kier alpha value is -2.66. The van der Waals surface area contributed by atoms with Crippen molar-refractivity contribution in [1.82, 2.24) is 0 Å². The summed E-state index contributed by atoms with van der Waals surface area (Å²) in [5, 5.41) is 51.5. The van der Waals surface area contributed by atoms with Crippen LogP contribution in [0.5, 0.6) is 0 Å². The van der Waals surface area contributed by atoms with Gasteiger partial charge in [0.2, 0.25) is 0 Å². The van der Waals surface area contributed by atoms with Gasteiger partial charge in [-0.3, -0.25) is 0 Å². The Morgan fingerprint density at radius 2 is 0.343 bits per heavy atom. The van der Waals surface area contributed by atoms with E-state index in [2.05, 4.69) is 84.2 Å². The first-order valence-corrected chi connectivity index (χ1v) is 30.8. The Labute approximate surface area is 418 Å². The van der Waals surface area contributed by atoms with Crippen LogP contribution in [0.4, 0.5) is 0 Å². The second-order valence-electron chi connectivity index (χ2n) is 22.5. The van der Waals surface area contributed by atoms with Gasteiger partial charge in [0.1, 0.15) is 0 Å². The maximum atomic E-state index is 8.58. The fourth-order valence-corrected chi connectivity index (χ4v) is 8.37. The molecule has 0 saturated heterocycles. The average molecular weight is 981 g/mol. The zero-order chi connectivity index (χ0) is 51.7. The number of quaternary nitrogens is 3. The zero-order valence-corrected chi connectivity index (χ0v) is 48.1. The van der Waals surface area contributed by atoms with Crippen LogP contribution in [-0.2, 0) is 10.7 Å². The van der Waals surface area contributed by atoms with E-state index in [4.69, 9.17) is 31.6 Å². The number of hydrogen-bond donors (Lipinski definition) is 0. The van der Waals surface area contributed by atoms with Gasteiger partial charge in [0.15, 0.2) is 0 Å². The van der Waals surface area contributed by atoms with Gasteiger partial charge < -0.3 is 13.4 Å². The summed E-state index contributed by atoms with van der Waals surface area (Å²) in [5.74, 6) is 0. The minimum atomic E-state index is -6.17. The number of nitrogens with zero attached hydrogens (tertiary/aromatic N) is 9. The first kappa shape index (κ1) is 70.9. The molecule has 67 heavy (non-hydrogen) atoms. The summed E-state index contributed by atoms with van der Waals surface area (Å²) in [4.78, 5) is 6.19. The second kappa shape index (κ2) is 43.4. The molecule has 0 atom stereocenters. The second-order valence-corrected chi connectivity index (χ2v) is 28.1. The van der Waals surface area contributed by atoms with E-state index in [1.807, 2.05) is 0 Å². The van der Waals surface area contributed by atoms with Gasteiger partial charge in [0.25, 0.3) is 0 Å². The molecule has 9 nitrogen and oxygen atoms in total. The van der Waals surface area contributed by atoms with Crippen LogP contribution >= 0.6 is 0 Å². The number of hydrogen-bond acceptors (Lipinski definition) is 6. The van der Waals surface area contributed by atoms with Gasteiger partial charge >= 0.3 is 72.1 Å². The SMILES string of the molecule is CCCCCCCCCCCCCC[N+](C)(C)C.CCCCCCCCCCCCCC[N+](C)(C)C.CCCCCCCCCCCCCC[N+](C)(C)C.N#[C][Fe-3]([C]#N)([C]#N)([C]#N)([C]#N)[C]#N. The molecular formula is C57H114FeN9. The van der Waals surface area contributed by atoms with Gasteiger partial charge in [-0.2, -0.15) is 0 Å². The molecule has 0 N–H and O–H groups in total. The minimum absolute atomic E-state index is 1.03. The van der Waals surface area contributed by atoms with Crippen molar-refractivity contribution in [3.63, 3.8) is 0 Å². The Kier molecular flexibility index (Phi) is 45.9. The van der Waals surface area contributed by atoms with Crippen molar-refractivity contribution in [2.24, 2.45) is 0 Å². The van der Waals surface area contributed by atoms with Gasteiger partial charge in [-0.05, 0) is 38.5 Å². The molecule has 0 amide bonds. The molecule has 0 saturated carbocycles. The Morgan fingerprint density at radius 3 is 0.433 bits per heavy atom. The molecule has 0 bridgehead atoms. The monoisotopic (exact) mass is 981 g/mol. The first-order chi connectivity index (χ1) is 31.7. The summed E-state index contributed by atoms with van der Waals surface area (Å²) in [6, 6.07) is 0. The summed E-state index contributed by atoms with van der Waals surface area (Å²) in [6.45, 7) is 10.9. The molecule has 0 heterocycles. The van der Waals surface area contributed by atoms with Gasteiger partial charge in [-0.15, -0.1) is 0 Å². The van der Waals surface area contributed by atoms with Crippen molar-refractivity contribution in [1.29, 1.82) is 31.6 Å². The van der Waals surface area contributed by atoms with Crippen LogP contribution in [0.15, 0.2) is 0 Å². The Balaban J connectivity index is -0.000000398. The predicted octanol–water partition coefficient (Wildman–Crippen LogP) is 16.3. The molecule has 10 heteroatoms. The third-order valence-electron chi connectivity index (χ3n) is 12.2. The van der Waals surface area contributed by atoms with Crippen LogP contribution in [-0.4, -0.2) is 96.5 Å². The standard InChI is InChI=1S/3C17H38N.6CN.Fe/c3*1-5-6-7-8-9-10-11-12-13-14-15-16-17-18(2,3)4;6*1-2;/h3*5-17H2,1-4H3;;;;;;;/q3*+1;;;;;;;-3. The molecule has 395 valence electrons. The fourth-order valence-electron chi connectivity index (χ4n) is 7.55. The number of unbranched alkanes of at least 4 members (excludes halogenated alkanes) is 33. The van der Waals surface area contributed by atoms with Crippen molar-refractivity contribution in [3.8, 4) is 29.8 Å². The Morgan fingerprint density at radius 1 is 0.224 bits per heavy atom. The van der Waals surface area contributed by atoms with Crippen LogP contribution in [0.1, 0.15) is 252 Å². The molecule has 0 aromatic carbocycles. The predicted molar refractivity (Wildman–Crippen MR) is 286 cm³/mol. The van der Waals surface area contributed by atoms with Crippen LogP contribution in [0.3, 0.4) is 0 Å². The molecule has 0 unspecified atom stereocenters. The van der Waals surface area contributed by atoms with E-state index in [9.17, 15) is 0 Å². The van der Waals surface area contributed by atoms with E-state index < -0.39 is 10.7 Å². The molecule has 0 aliphatic heterocycles. The molecule has 0 aliphatic carbocycles. The third kappa shape index (κ3) is 45.5. The molecule has 0 rings (SSSR count). The van der Waals surface area contributed by atoms with E-state index in [0.29, 0.717) is 0 Å². The van der Waals surface area contributed by atoms with Crippen molar-refractivity contribution in [3.05, 3.63) is 0 Å². The van der Waals surface area contributed by atoms with E-state index in [-0.39, 0.29) is 0 Å². The van der Waals surface area contributed by atoms with Gasteiger partial charge in [0, 0.05) is 0 Å². The van der Waals surface area contributed by atoms with Gasteiger partial charge in [0.05, 0.1) is 83.1 Å². The van der Waals surface area contributed by atoms with Crippen LogP contribution in [0, 0.1) is 61.4 Å². The van der Waals surface area contributed by atoms with E-state index in [1.165, 1.54) is 251 Å². The molecule has 0 aliphatic rings. The summed E-state index contributed by atoms with van der Waals surface area (Å²) in [6.07, 6.45) is 52.2. The normalized spacial score (nSPS) is 12.3. The van der Waals surface area contributed by atoms with E-state index in [1.54, 1.807) is 0 Å². The molecule has 0 spiro atoms. The van der Waals surface area contributed by atoms with Gasteiger partial charge in [-0.1, -0.05) is 213 Å². The molecule has 0 fully saturated rings.